The lowest BCUT2D eigenvalue weighted by Gasteiger charge is -2.22. The van der Waals surface area contributed by atoms with Crippen LogP contribution in [0.5, 0.6) is 0 Å². The Hall–Kier alpha value is -2.30. The third kappa shape index (κ3) is 6.61. The van der Waals surface area contributed by atoms with Crippen molar-refractivity contribution in [2.75, 3.05) is 5.32 Å². The van der Waals surface area contributed by atoms with E-state index < -0.39 is 6.09 Å². The summed E-state index contributed by atoms with van der Waals surface area (Å²) in [4.78, 5) is 11.8. The van der Waals surface area contributed by atoms with E-state index in [9.17, 15) is 4.79 Å². The van der Waals surface area contributed by atoms with Crippen LogP contribution in [-0.2, 0) is 16.9 Å². The number of anilines is 1. The highest BCUT2D eigenvalue weighted by Crippen LogP contribution is 2.19. The summed E-state index contributed by atoms with van der Waals surface area (Å²) in [6, 6.07) is 11.3. The van der Waals surface area contributed by atoms with Crippen LogP contribution in [0, 0.1) is 0 Å². The van der Waals surface area contributed by atoms with Crippen LogP contribution in [-0.4, -0.2) is 15.9 Å². The molecule has 2 aromatic rings. The largest absolute Gasteiger partial charge is 0.444 e. The highest BCUT2D eigenvalue weighted by molar-refractivity contribution is 5.83. The molecule has 0 atom stereocenters. The Bertz CT molecular complexity index is 633. The van der Waals surface area contributed by atoms with Crippen molar-refractivity contribution in [2.24, 2.45) is 0 Å². The number of carbonyl (C=O) groups is 1. The van der Waals surface area contributed by atoms with Crippen molar-refractivity contribution >= 4 is 11.9 Å². The van der Waals surface area contributed by atoms with Gasteiger partial charge in [-0.2, -0.15) is 5.10 Å². The van der Waals surface area contributed by atoms with E-state index in [-0.39, 0.29) is 12.1 Å². The Labute approximate surface area is 150 Å². The van der Waals surface area contributed by atoms with Crippen molar-refractivity contribution in [3.05, 3.63) is 48.2 Å². The second-order valence-electron chi connectivity index (χ2n) is 7.25. The number of hydrogen-bond donors (Lipinski definition) is 1. The van der Waals surface area contributed by atoms with Crippen LogP contribution >= 0.6 is 0 Å². The van der Waals surface area contributed by atoms with E-state index in [1.165, 1.54) is 32.1 Å². The number of amides is 1. The maximum absolute atomic E-state index is 11.8. The predicted molar refractivity (Wildman–Crippen MR) is 101 cm³/mol. The minimum absolute atomic E-state index is 0.203. The van der Waals surface area contributed by atoms with Gasteiger partial charge in [-0.3, -0.25) is 5.32 Å². The maximum Gasteiger partial charge on any atom is 0.413 e. The van der Waals surface area contributed by atoms with E-state index in [1.807, 2.05) is 51.1 Å². The number of nitrogens with zero attached hydrogens (tertiary/aromatic N) is 2. The van der Waals surface area contributed by atoms with Gasteiger partial charge in [0, 0.05) is 6.07 Å². The average Bonchev–Trinajstić information content (AvgIpc) is 3.28. The Morgan fingerprint density at radius 1 is 1.08 bits per heavy atom. The summed E-state index contributed by atoms with van der Waals surface area (Å²) in [5.41, 5.74) is 0.748. The topological polar surface area (TPSA) is 56.2 Å². The molecule has 5 nitrogen and oxygen atoms in total. The second-order valence-corrected chi connectivity index (χ2v) is 7.25. The zero-order valence-electron chi connectivity index (χ0n) is 15.5. The molecule has 1 heterocycles. The molecule has 1 aromatic heterocycles. The van der Waals surface area contributed by atoms with Gasteiger partial charge in [0.05, 0.1) is 11.7 Å². The van der Waals surface area contributed by atoms with Crippen LogP contribution in [0.4, 0.5) is 10.6 Å². The first-order valence-electron chi connectivity index (χ1n) is 8.99. The van der Waals surface area contributed by atoms with E-state index in [4.69, 9.17) is 4.74 Å². The monoisotopic (exact) mass is 343 g/mol. The van der Waals surface area contributed by atoms with Gasteiger partial charge in [-0.05, 0) is 26.3 Å². The molecule has 25 heavy (non-hydrogen) atoms. The summed E-state index contributed by atoms with van der Waals surface area (Å²) < 4.78 is 6.92. The van der Waals surface area contributed by atoms with Crippen LogP contribution in [0.15, 0.2) is 42.6 Å². The molecular weight excluding hydrogens is 314 g/mol. The van der Waals surface area contributed by atoms with Gasteiger partial charge in [0.15, 0.2) is 0 Å². The third-order valence-corrected chi connectivity index (χ3v) is 3.97. The van der Waals surface area contributed by atoms with Gasteiger partial charge in [-0.1, -0.05) is 62.4 Å². The van der Waals surface area contributed by atoms with Gasteiger partial charge in [-0.15, -0.1) is 0 Å². The number of rotatable bonds is 3. The Morgan fingerprint density at radius 3 is 2.24 bits per heavy atom. The minimum atomic E-state index is -0.486. The van der Waals surface area contributed by atoms with Crippen LogP contribution in [0.3, 0.4) is 0 Å². The molecule has 0 aliphatic heterocycles. The van der Waals surface area contributed by atoms with E-state index in [0.29, 0.717) is 5.82 Å². The molecule has 0 spiro atoms. The van der Waals surface area contributed by atoms with Crippen molar-refractivity contribution in [2.45, 2.75) is 65.0 Å². The molecule has 3 rings (SSSR count). The molecule has 1 amide bonds. The van der Waals surface area contributed by atoms with Gasteiger partial charge < -0.3 is 4.74 Å². The van der Waals surface area contributed by atoms with Gasteiger partial charge in [0.2, 0.25) is 0 Å². The first kappa shape index (κ1) is 19.0. The Morgan fingerprint density at radius 2 is 1.68 bits per heavy atom. The summed E-state index contributed by atoms with van der Waals surface area (Å²) in [6.45, 7) is 6.29. The number of aromatic nitrogens is 2. The van der Waals surface area contributed by atoms with Crippen LogP contribution in [0.25, 0.3) is 0 Å². The van der Waals surface area contributed by atoms with Crippen LogP contribution in [0.1, 0.15) is 58.4 Å². The number of ether oxygens (including phenoxy) is 1. The fraction of sp³-hybridized carbons (Fsp3) is 0.500. The zero-order valence-corrected chi connectivity index (χ0v) is 15.5. The van der Waals surface area contributed by atoms with Gasteiger partial charge in [-0.25, -0.2) is 9.48 Å². The van der Waals surface area contributed by atoms with Crippen molar-refractivity contribution in [1.29, 1.82) is 0 Å². The highest BCUT2D eigenvalue weighted by Gasteiger charge is 2.18. The molecule has 0 radical (unpaired) electrons. The molecule has 1 aromatic carbocycles. The summed E-state index contributed by atoms with van der Waals surface area (Å²) in [6.07, 6.45) is 8.66. The van der Waals surface area contributed by atoms with Crippen molar-refractivity contribution in [3.8, 4) is 0 Å². The second kappa shape index (κ2) is 9.25. The predicted octanol–water partition coefficient (Wildman–Crippen LogP) is 5.34. The van der Waals surface area contributed by atoms with E-state index in [1.54, 1.807) is 16.9 Å². The van der Waals surface area contributed by atoms with E-state index in [0.717, 1.165) is 5.56 Å². The average molecular weight is 343 g/mol. The van der Waals surface area contributed by atoms with Gasteiger partial charge in [0.25, 0.3) is 0 Å². The fourth-order valence-corrected chi connectivity index (χ4v) is 2.68. The van der Waals surface area contributed by atoms with Crippen LogP contribution in [0.2, 0.25) is 0 Å². The zero-order chi connectivity index (χ0) is 18.1. The molecule has 136 valence electrons. The number of benzene rings is 1. The fourth-order valence-electron chi connectivity index (χ4n) is 2.68. The Balaban J connectivity index is 0.000000386. The minimum Gasteiger partial charge on any atom is -0.444 e. The first-order valence-corrected chi connectivity index (χ1v) is 8.99. The third-order valence-electron chi connectivity index (χ3n) is 3.97. The molecule has 5 heteroatoms. The highest BCUT2D eigenvalue weighted by atomic mass is 16.5. The normalized spacial score (nSPS) is 13.7. The SMILES string of the molecule is C1CCCC1.CC(C)(C)n1nccc1NC(=O)OCc1ccccc1. The molecule has 1 aliphatic rings. The summed E-state index contributed by atoms with van der Waals surface area (Å²) in [5, 5.41) is 6.91. The van der Waals surface area contributed by atoms with Crippen LogP contribution < -0.4 is 5.32 Å². The molecule has 1 saturated carbocycles. The lowest BCUT2D eigenvalue weighted by molar-refractivity contribution is 0.154. The summed E-state index contributed by atoms with van der Waals surface area (Å²) in [5.74, 6) is 0.621. The van der Waals surface area contributed by atoms with Gasteiger partial charge >= 0.3 is 6.09 Å². The molecule has 0 bridgehead atoms. The number of carbonyl (C=O) groups excluding carboxylic acids is 1. The molecule has 0 unspecified atom stereocenters. The summed E-state index contributed by atoms with van der Waals surface area (Å²) >= 11 is 0. The van der Waals surface area contributed by atoms with E-state index in [2.05, 4.69) is 10.4 Å². The summed E-state index contributed by atoms with van der Waals surface area (Å²) in [7, 11) is 0. The molecule has 1 aliphatic carbocycles. The van der Waals surface area contributed by atoms with Gasteiger partial charge in [0.1, 0.15) is 12.4 Å². The van der Waals surface area contributed by atoms with Crippen molar-refractivity contribution < 1.29 is 9.53 Å². The smallest absolute Gasteiger partial charge is 0.413 e. The Kier molecular flexibility index (Phi) is 7.04. The molecular formula is C20H29N3O2. The first-order chi connectivity index (χ1) is 12.0. The number of hydrogen-bond acceptors (Lipinski definition) is 3. The molecule has 1 N–H and O–H groups in total. The lowest BCUT2D eigenvalue weighted by atomic mass is 10.1. The standard InChI is InChI=1S/C15H19N3O2.C5H10/c1-15(2,3)18-13(9-10-16-18)17-14(19)20-11-12-7-5-4-6-8-12;1-2-4-5-3-1/h4-10H,11H2,1-3H3,(H,17,19);1-5H2. The van der Waals surface area contributed by atoms with Crippen molar-refractivity contribution in [3.63, 3.8) is 0 Å². The molecule has 0 saturated heterocycles. The quantitative estimate of drug-likeness (QED) is 0.818. The number of nitrogens with one attached hydrogen (secondary N) is 1. The lowest BCUT2D eigenvalue weighted by Crippen LogP contribution is -2.26. The maximum atomic E-state index is 11.8. The van der Waals surface area contributed by atoms with Crippen molar-refractivity contribution in [1.82, 2.24) is 9.78 Å². The molecule has 1 fully saturated rings. The van der Waals surface area contributed by atoms with E-state index >= 15 is 0 Å².